The number of halogens is 1. The van der Waals surface area contributed by atoms with Gasteiger partial charge < -0.3 is 5.32 Å². The van der Waals surface area contributed by atoms with Gasteiger partial charge in [-0.3, -0.25) is 0 Å². The molecule has 3 atom stereocenters. The average molecular weight is 371 g/mol. The van der Waals surface area contributed by atoms with Crippen molar-refractivity contribution in [2.45, 2.75) is 62.8 Å². The van der Waals surface area contributed by atoms with Crippen molar-refractivity contribution in [2.75, 3.05) is 7.05 Å². The summed E-state index contributed by atoms with van der Waals surface area (Å²) in [6.45, 7) is 7.18. The van der Waals surface area contributed by atoms with Crippen LogP contribution < -0.4 is 5.32 Å². The van der Waals surface area contributed by atoms with E-state index in [4.69, 9.17) is 0 Å². The third kappa shape index (κ3) is 4.46. The SMILES string of the molecule is CCC(C)(C)C1CCC(NC)C(Sc2ccc(Br)cn2)C1. The highest BCUT2D eigenvalue weighted by atomic mass is 79.9. The highest BCUT2D eigenvalue weighted by Crippen LogP contribution is 2.44. The van der Waals surface area contributed by atoms with Gasteiger partial charge >= 0.3 is 0 Å². The Morgan fingerprint density at radius 2 is 2.14 bits per heavy atom. The molecule has 0 aliphatic heterocycles. The zero-order chi connectivity index (χ0) is 15.5. The van der Waals surface area contributed by atoms with Crippen molar-refractivity contribution in [3.63, 3.8) is 0 Å². The van der Waals surface area contributed by atoms with Crippen LogP contribution in [0.4, 0.5) is 0 Å². The van der Waals surface area contributed by atoms with Gasteiger partial charge in [-0.2, -0.15) is 0 Å². The maximum atomic E-state index is 4.54. The molecule has 1 aliphatic carbocycles. The van der Waals surface area contributed by atoms with Gasteiger partial charge in [-0.25, -0.2) is 4.98 Å². The normalized spacial score (nSPS) is 26.8. The van der Waals surface area contributed by atoms with Gasteiger partial charge in [0, 0.05) is 22.0 Å². The first kappa shape index (κ1) is 17.3. The first-order valence-electron chi connectivity index (χ1n) is 7.91. The number of thioether (sulfide) groups is 1. The first-order chi connectivity index (χ1) is 9.96. The Morgan fingerprint density at radius 1 is 1.38 bits per heavy atom. The Labute approximate surface area is 142 Å². The lowest BCUT2D eigenvalue weighted by Gasteiger charge is -2.42. The Kier molecular flexibility index (Phi) is 6.15. The largest absolute Gasteiger partial charge is 0.316 e. The van der Waals surface area contributed by atoms with Crippen molar-refractivity contribution in [1.29, 1.82) is 0 Å². The molecule has 1 saturated carbocycles. The molecule has 4 heteroatoms. The number of aromatic nitrogens is 1. The summed E-state index contributed by atoms with van der Waals surface area (Å²) >= 11 is 5.40. The maximum Gasteiger partial charge on any atom is 0.0963 e. The number of pyridine rings is 1. The van der Waals surface area contributed by atoms with Crippen LogP contribution in [0.25, 0.3) is 0 Å². The lowest BCUT2D eigenvalue weighted by atomic mass is 9.68. The Bertz CT molecular complexity index is 447. The van der Waals surface area contributed by atoms with Crippen molar-refractivity contribution in [1.82, 2.24) is 10.3 Å². The van der Waals surface area contributed by atoms with Crippen LogP contribution in [0, 0.1) is 11.3 Å². The number of nitrogens with zero attached hydrogens (tertiary/aromatic N) is 1. The first-order valence-corrected chi connectivity index (χ1v) is 9.59. The van der Waals surface area contributed by atoms with Crippen molar-refractivity contribution in [3.8, 4) is 0 Å². The van der Waals surface area contributed by atoms with E-state index in [0.29, 0.717) is 16.7 Å². The zero-order valence-corrected chi connectivity index (χ0v) is 15.9. The van der Waals surface area contributed by atoms with E-state index in [1.807, 2.05) is 18.0 Å². The van der Waals surface area contributed by atoms with E-state index in [0.717, 1.165) is 15.4 Å². The van der Waals surface area contributed by atoms with Gasteiger partial charge in [0.15, 0.2) is 0 Å². The van der Waals surface area contributed by atoms with E-state index in [1.165, 1.54) is 25.7 Å². The number of hydrogen-bond donors (Lipinski definition) is 1. The van der Waals surface area contributed by atoms with Gasteiger partial charge in [0.1, 0.15) is 0 Å². The van der Waals surface area contributed by atoms with Crippen molar-refractivity contribution in [2.24, 2.45) is 11.3 Å². The van der Waals surface area contributed by atoms with Crippen molar-refractivity contribution < 1.29 is 0 Å². The monoisotopic (exact) mass is 370 g/mol. The number of rotatable bonds is 5. The van der Waals surface area contributed by atoms with E-state index in [2.05, 4.69) is 66.2 Å². The second-order valence-corrected chi connectivity index (χ2v) is 8.89. The van der Waals surface area contributed by atoms with Crippen LogP contribution in [0.15, 0.2) is 27.8 Å². The van der Waals surface area contributed by atoms with Gasteiger partial charge in [-0.1, -0.05) is 27.2 Å². The third-order valence-electron chi connectivity index (χ3n) is 5.15. The highest BCUT2D eigenvalue weighted by molar-refractivity contribution is 9.10. The van der Waals surface area contributed by atoms with E-state index in [9.17, 15) is 0 Å². The summed E-state index contributed by atoms with van der Waals surface area (Å²) < 4.78 is 1.05. The Morgan fingerprint density at radius 3 is 2.71 bits per heavy atom. The molecule has 0 aromatic carbocycles. The predicted molar refractivity (Wildman–Crippen MR) is 95.8 cm³/mol. The highest BCUT2D eigenvalue weighted by Gasteiger charge is 2.37. The smallest absolute Gasteiger partial charge is 0.0963 e. The lowest BCUT2D eigenvalue weighted by molar-refractivity contribution is 0.142. The van der Waals surface area contributed by atoms with Crippen LogP contribution in [-0.4, -0.2) is 23.3 Å². The molecule has 0 spiro atoms. The molecule has 2 nitrogen and oxygen atoms in total. The maximum absolute atomic E-state index is 4.54. The Balaban J connectivity index is 2.08. The predicted octanol–water partition coefficient (Wildman–Crippen LogP) is 5.13. The molecule has 118 valence electrons. The molecule has 1 fully saturated rings. The van der Waals surface area contributed by atoms with Crippen molar-refractivity contribution in [3.05, 3.63) is 22.8 Å². The molecule has 1 aromatic heterocycles. The molecule has 0 radical (unpaired) electrons. The van der Waals surface area contributed by atoms with E-state index in [-0.39, 0.29) is 0 Å². The second-order valence-electron chi connectivity index (χ2n) is 6.72. The summed E-state index contributed by atoms with van der Waals surface area (Å²) in [5.41, 5.74) is 0.449. The third-order valence-corrected chi connectivity index (χ3v) is 6.93. The van der Waals surface area contributed by atoms with E-state index < -0.39 is 0 Å². The van der Waals surface area contributed by atoms with E-state index >= 15 is 0 Å². The molecule has 0 saturated heterocycles. The fraction of sp³-hybridized carbons (Fsp3) is 0.706. The van der Waals surface area contributed by atoms with Crippen molar-refractivity contribution >= 4 is 27.7 Å². The number of hydrogen-bond acceptors (Lipinski definition) is 3. The van der Waals surface area contributed by atoms with Gasteiger partial charge in [0.05, 0.1) is 5.03 Å². The summed E-state index contributed by atoms with van der Waals surface area (Å²) in [6.07, 6.45) is 7.06. The van der Waals surface area contributed by atoms with Gasteiger partial charge in [0.2, 0.25) is 0 Å². The molecule has 0 bridgehead atoms. The summed E-state index contributed by atoms with van der Waals surface area (Å²) in [7, 11) is 2.10. The molecule has 1 aliphatic rings. The second kappa shape index (κ2) is 7.47. The zero-order valence-electron chi connectivity index (χ0n) is 13.5. The summed E-state index contributed by atoms with van der Waals surface area (Å²) in [5, 5.41) is 5.27. The van der Waals surface area contributed by atoms with Crippen LogP contribution in [0.1, 0.15) is 46.5 Å². The topological polar surface area (TPSA) is 24.9 Å². The van der Waals surface area contributed by atoms with Gasteiger partial charge in [-0.05, 0) is 65.7 Å². The summed E-state index contributed by atoms with van der Waals surface area (Å²) in [5.74, 6) is 0.819. The molecule has 21 heavy (non-hydrogen) atoms. The molecule has 1 aromatic rings. The van der Waals surface area contributed by atoms with Crippen LogP contribution >= 0.6 is 27.7 Å². The van der Waals surface area contributed by atoms with Crippen LogP contribution in [0.5, 0.6) is 0 Å². The minimum absolute atomic E-state index is 0.449. The van der Waals surface area contributed by atoms with Crippen LogP contribution in [0.2, 0.25) is 0 Å². The standard InChI is InChI=1S/C17H27BrN2S/c1-5-17(2,3)12-6-8-14(19-4)15(10-12)21-16-9-7-13(18)11-20-16/h7,9,11-12,14-15,19H,5-6,8,10H2,1-4H3. The minimum atomic E-state index is 0.449. The minimum Gasteiger partial charge on any atom is -0.316 e. The molecule has 0 amide bonds. The van der Waals surface area contributed by atoms with Crippen LogP contribution in [0.3, 0.4) is 0 Å². The fourth-order valence-electron chi connectivity index (χ4n) is 3.18. The van der Waals surface area contributed by atoms with Gasteiger partial charge in [-0.15, -0.1) is 11.8 Å². The molecule has 1 N–H and O–H groups in total. The quantitative estimate of drug-likeness (QED) is 0.777. The Hall–Kier alpha value is -0.0600. The summed E-state index contributed by atoms with van der Waals surface area (Å²) in [6, 6.07) is 4.81. The number of nitrogens with one attached hydrogen (secondary N) is 1. The molecular formula is C17H27BrN2S. The summed E-state index contributed by atoms with van der Waals surface area (Å²) in [4.78, 5) is 4.54. The van der Waals surface area contributed by atoms with Crippen LogP contribution in [-0.2, 0) is 0 Å². The molecule has 1 heterocycles. The average Bonchev–Trinajstić information content (AvgIpc) is 2.49. The molecular weight excluding hydrogens is 344 g/mol. The molecule has 3 unspecified atom stereocenters. The molecule has 2 rings (SSSR count). The fourth-order valence-corrected chi connectivity index (χ4v) is 4.75. The van der Waals surface area contributed by atoms with E-state index in [1.54, 1.807) is 0 Å². The lowest BCUT2D eigenvalue weighted by Crippen LogP contribution is -2.43. The van der Waals surface area contributed by atoms with Gasteiger partial charge in [0.25, 0.3) is 0 Å².